The van der Waals surface area contributed by atoms with Crippen LogP contribution in [0.4, 0.5) is 0 Å². The zero-order valence-electron chi connectivity index (χ0n) is 8.85. The van der Waals surface area contributed by atoms with Crippen LogP contribution in [0.5, 0.6) is 0 Å². The molecule has 0 spiro atoms. The summed E-state index contributed by atoms with van der Waals surface area (Å²) in [4.78, 5) is 15.8. The van der Waals surface area contributed by atoms with E-state index in [-0.39, 0.29) is 5.76 Å². The fraction of sp³-hybridized carbons (Fsp3) is 0.455. The van der Waals surface area contributed by atoms with E-state index in [4.69, 9.17) is 4.42 Å². The molecule has 1 aliphatic rings. The molecule has 1 N–H and O–H groups in total. The Morgan fingerprint density at radius 1 is 1.56 bits per heavy atom. The van der Waals surface area contributed by atoms with Crippen molar-refractivity contribution in [2.75, 3.05) is 13.1 Å². The molecule has 0 amide bonds. The lowest BCUT2D eigenvalue weighted by molar-refractivity contribution is 0.309. The Balaban J connectivity index is 1.89. The van der Waals surface area contributed by atoms with Crippen LogP contribution in [0.3, 0.4) is 0 Å². The van der Waals surface area contributed by atoms with Crippen LogP contribution in [-0.2, 0) is 6.54 Å². The van der Waals surface area contributed by atoms with Crippen molar-refractivity contribution < 1.29 is 4.42 Å². The first-order valence-electron chi connectivity index (χ1n) is 5.49. The van der Waals surface area contributed by atoms with Gasteiger partial charge in [-0.05, 0) is 37.6 Å². The Morgan fingerprint density at radius 3 is 3.19 bits per heavy atom. The zero-order valence-corrected chi connectivity index (χ0v) is 8.85. The van der Waals surface area contributed by atoms with E-state index < -0.39 is 0 Å². The third kappa shape index (κ3) is 1.53. The number of nitrogens with one attached hydrogen (secondary N) is 1. The SMILES string of the molecule is O=c1oc2cccnc2n1CCC1CNC1. The summed E-state index contributed by atoms with van der Waals surface area (Å²) in [6.07, 6.45) is 2.68. The summed E-state index contributed by atoms with van der Waals surface area (Å²) in [6, 6.07) is 3.54. The van der Waals surface area contributed by atoms with Gasteiger partial charge in [0.2, 0.25) is 0 Å². The van der Waals surface area contributed by atoms with Crippen molar-refractivity contribution in [2.45, 2.75) is 13.0 Å². The minimum Gasteiger partial charge on any atom is -0.406 e. The van der Waals surface area contributed by atoms with Gasteiger partial charge in [-0.15, -0.1) is 0 Å². The van der Waals surface area contributed by atoms with E-state index in [1.54, 1.807) is 22.9 Å². The molecule has 3 rings (SSSR count). The molecule has 84 valence electrons. The monoisotopic (exact) mass is 219 g/mol. The highest BCUT2D eigenvalue weighted by atomic mass is 16.4. The van der Waals surface area contributed by atoms with Crippen molar-refractivity contribution in [1.82, 2.24) is 14.9 Å². The Labute approximate surface area is 92.1 Å². The van der Waals surface area contributed by atoms with Crippen LogP contribution in [0, 0.1) is 5.92 Å². The molecule has 0 unspecified atom stereocenters. The number of aromatic nitrogens is 2. The van der Waals surface area contributed by atoms with E-state index in [1.165, 1.54) is 0 Å². The number of hydrogen-bond donors (Lipinski definition) is 1. The van der Waals surface area contributed by atoms with Crippen LogP contribution in [0.15, 0.2) is 27.5 Å². The first-order chi connectivity index (χ1) is 7.84. The molecule has 2 aromatic rings. The topological polar surface area (TPSA) is 60.1 Å². The van der Waals surface area contributed by atoms with Crippen molar-refractivity contribution in [3.8, 4) is 0 Å². The largest absolute Gasteiger partial charge is 0.421 e. The van der Waals surface area contributed by atoms with Crippen molar-refractivity contribution in [3.05, 3.63) is 28.9 Å². The number of pyridine rings is 1. The molecule has 5 nitrogen and oxygen atoms in total. The van der Waals surface area contributed by atoms with Gasteiger partial charge in [-0.1, -0.05) is 0 Å². The molecule has 1 aliphatic heterocycles. The number of hydrogen-bond acceptors (Lipinski definition) is 4. The second-order valence-electron chi connectivity index (χ2n) is 4.16. The number of aryl methyl sites for hydroxylation is 1. The Bertz CT molecular complexity index is 554. The van der Waals surface area contributed by atoms with Gasteiger partial charge in [-0.2, -0.15) is 0 Å². The van der Waals surface area contributed by atoms with Crippen LogP contribution < -0.4 is 11.1 Å². The molecule has 16 heavy (non-hydrogen) atoms. The summed E-state index contributed by atoms with van der Waals surface area (Å²) >= 11 is 0. The maximum atomic E-state index is 11.6. The lowest BCUT2D eigenvalue weighted by atomic mass is 10.00. The number of oxazole rings is 1. The second kappa shape index (κ2) is 3.75. The Hall–Kier alpha value is -1.62. The van der Waals surface area contributed by atoms with Gasteiger partial charge in [-0.3, -0.25) is 4.57 Å². The van der Waals surface area contributed by atoms with Crippen molar-refractivity contribution >= 4 is 11.2 Å². The second-order valence-corrected chi connectivity index (χ2v) is 4.16. The van der Waals surface area contributed by atoms with Gasteiger partial charge in [-0.25, -0.2) is 9.78 Å². The molecule has 0 radical (unpaired) electrons. The molecule has 0 saturated carbocycles. The summed E-state index contributed by atoms with van der Waals surface area (Å²) < 4.78 is 6.73. The van der Waals surface area contributed by atoms with E-state index in [9.17, 15) is 4.79 Å². The molecule has 3 heterocycles. The number of nitrogens with zero attached hydrogens (tertiary/aromatic N) is 2. The summed E-state index contributed by atoms with van der Waals surface area (Å²) in [7, 11) is 0. The Morgan fingerprint density at radius 2 is 2.44 bits per heavy atom. The minimum atomic E-state index is -0.305. The van der Waals surface area contributed by atoms with Crippen LogP contribution in [0.2, 0.25) is 0 Å². The average molecular weight is 219 g/mol. The van der Waals surface area contributed by atoms with Gasteiger partial charge in [0.05, 0.1) is 0 Å². The summed E-state index contributed by atoms with van der Waals surface area (Å²) in [5.74, 6) is 0.376. The molecule has 2 aromatic heterocycles. The molecule has 1 fully saturated rings. The van der Waals surface area contributed by atoms with E-state index >= 15 is 0 Å². The third-order valence-corrected chi connectivity index (χ3v) is 3.05. The maximum absolute atomic E-state index is 11.6. The van der Waals surface area contributed by atoms with E-state index in [2.05, 4.69) is 10.3 Å². The van der Waals surface area contributed by atoms with Crippen LogP contribution in [-0.4, -0.2) is 22.6 Å². The van der Waals surface area contributed by atoms with Gasteiger partial charge in [0.1, 0.15) is 0 Å². The summed E-state index contributed by atoms with van der Waals surface area (Å²) in [5.41, 5.74) is 1.22. The molecular weight excluding hydrogens is 206 g/mol. The smallest absolute Gasteiger partial charge is 0.406 e. The first kappa shape index (κ1) is 9.59. The maximum Gasteiger partial charge on any atom is 0.421 e. The quantitative estimate of drug-likeness (QED) is 0.821. The lowest BCUT2D eigenvalue weighted by Gasteiger charge is -2.26. The third-order valence-electron chi connectivity index (χ3n) is 3.05. The van der Waals surface area contributed by atoms with E-state index in [0.29, 0.717) is 23.7 Å². The van der Waals surface area contributed by atoms with Gasteiger partial charge >= 0.3 is 5.76 Å². The summed E-state index contributed by atoms with van der Waals surface area (Å²) in [6.45, 7) is 2.80. The Kier molecular flexibility index (Phi) is 2.25. The van der Waals surface area contributed by atoms with Gasteiger partial charge in [0.25, 0.3) is 0 Å². The predicted molar refractivity (Wildman–Crippen MR) is 59.2 cm³/mol. The highest BCUT2D eigenvalue weighted by Crippen LogP contribution is 2.13. The highest BCUT2D eigenvalue weighted by molar-refractivity contribution is 5.67. The van der Waals surface area contributed by atoms with Crippen LogP contribution >= 0.6 is 0 Å². The van der Waals surface area contributed by atoms with Gasteiger partial charge in [0.15, 0.2) is 11.2 Å². The van der Waals surface area contributed by atoms with E-state index in [0.717, 1.165) is 19.5 Å². The molecule has 0 aromatic carbocycles. The molecule has 5 heteroatoms. The summed E-state index contributed by atoms with van der Waals surface area (Å²) in [5, 5.41) is 3.22. The standard InChI is InChI=1S/C11H13N3O2/c15-11-14(5-3-8-6-12-7-8)10-9(16-11)2-1-4-13-10/h1-2,4,8,12H,3,5-7H2. The predicted octanol–water partition coefficient (Wildman–Crippen LogP) is 0.599. The van der Waals surface area contributed by atoms with Crippen LogP contribution in [0.25, 0.3) is 11.2 Å². The number of rotatable bonds is 3. The molecule has 0 bridgehead atoms. The fourth-order valence-electron chi connectivity index (χ4n) is 1.96. The highest BCUT2D eigenvalue weighted by Gasteiger charge is 2.18. The van der Waals surface area contributed by atoms with Crippen molar-refractivity contribution in [1.29, 1.82) is 0 Å². The normalized spacial score (nSPS) is 16.5. The van der Waals surface area contributed by atoms with Crippen LogP contribution in [0.1, 0.15) is 6.42 Å². The zero-order chi connectivity index (χ0) is 11.0. The molecular formula is C11H13N3O2. The fourth-order valence-corrected chi connectivity index (χ4v) is 1.96. The molecule has 0 atom stereocenters. The minimum absolute atomic E-state index is 0.305. The number of fused-ring (bicyclic) bond motifs is 1. The molecule has 0 aliphatic carbocycles. The average Bonchev–Trinajstić information content (AvgIpc) is 2.53. The van der Waals surface area contributed by atoms with Gasteiger partial charge < -0.3 is 9.73 Å². The van der Waals surface area contributed by atoms with E-state index in [1.807, 2.05) is 0 Å². The lowest BCUT2D eigenvalue weighted by Crippen LogP contribution is -2.42. The van der Waals surface area contributed by atoms with Crippen molar-refractivity contribution in [2.24, 2.45) is 5.92 Å². The van der Waals surface area contributed by atoms with Crippen molar-refractivity contribution in [3.63, 3.8) is 0 Å². The molecule has 1 saturated heterocycles. The van der Waals surface area contributed by atoms with Gasteiger partial charge in [0, 0.05) is 12.7 Å². The first-order valence-corrected chi connectivity index (χ1v) is 5.49.